The summed E-state index contributed by atoms with van der Waals surface area (Å²) < 4.78 is 0. The maximum atomic E-state index is 12.1. The Labute approximate surface area is 141 Å². The summed E-state index contributed by atoms with van der Waals surface area (Å²) in [4.78, 5) is 19.8. The van der Waals surface area contributed by atoms with E-state index in [4.69, 9.17) is 4.98 Å². The van der Waals surface area contributed by atoms with Gasteiger partial charge in [0.1, 0.15) is 0 Å². The number of aromatic nitrogens is 2. The van der Waals surface area contributed by atoms with E-state index in [9.17, 15) is 4.79 Å². The highest BCUT2D eigenvalue weighted by molar-refractivity contribution is 7.99. The molecule has 4 heteroatoms. The van der Waals surface area contributed by atoms with Crippen molar-refractivity contribution < 1.29 is 0 Å². The van der Waals surface area contributed by atoms with Crippen molar-refractivity contribution >= 4 is 11.8 Å². The van der Waals surface area contributed by atoms with Gasteiger partial charge in [-0.1, -0.05) is 68.3 Å². The van der Waals surface area contributed by atoms with Crippen LogP contribution in [0.5, 0.6) is 0 Å². The molecule has 0 bridgehead atoms. The molecule has 1 unspecified atom stereocenters. The van der Waals surface area contributed by atoms with E-state index in [-0.39, 0.29) is 11.5 Å². The molecule has 1 aliphatic carbocycles. The number of rotatable bonds is 5. The quantitative estimate of drug-likeness (QED) is 0.807. The highest BCUT2D eigenvalue weighted by Gasteiger charge is 2.19. The van der Waals surface area contributed by atoms with Crippen LogP contribution in [0.2, 0.25) is 0 Å². The SMILES string of the molecule is CCC(c1ccccc1)c1cc(=O)[nH]c(SC2CCCCC2)n1. The van der Waals surface area contributed by atoms with Crippen LogP contribution >= 0.6 is 11.8 Å². The van der Waals surface area contributed by atoms with E-state index in [0.717, 1.165) is 17.3 Å². The predicted octanol–water partition coefficient (Wildman–Crippen LogP) is 4.74. The minimum Gasteiger partial charge on any atom is -0.301 e. The van der Waals surface area contributed by atoms with Gasteiger partial charge in [-0.3, -0.25) is 4.79 Å². The topological polar surface area (TPSA) is 45.8 Å². The van der Waals surface area contributed by atoms with E-state index in [1.807, 2.05) is 18.2 Å². The summed E-state index contributed by atoms with van der Waals surface area (Å²) in [6.07, 6.45) is 7.33. The second kappa shape index (κ2) is 7.82. The van der Waals surface area contributed by atoms with E-state index in [1.54, 1.807) is 17.8 Å². The lowest BCUT2D eigenvalue weighted by atomic mass is 9.93. The van der Waals surface area contributed by atoms with Gasteiger partial charge in [0.25, 0.3) is 5.56 Å². The van der Waals surface area contributed by atoms with Crippen LogP contribution in [0.4, 0.5) is 0 Å². The Balaban J connectivity index is 1.85. The molecule has 0 saturated heterocycles. The second-order valence-electron chi connectivity index (χ2n) is 6.22. The van der Waals surface area contributed by atoms with Crippen molar-refractivity contribution in [2.45, 2.75) is 61.8 Å². The van der Waals surface area contributed by atoms with Gasteiger partial charge in [-0.2, -0.15) is 0 Å². The maximum absolute atomic E-state index is 12.1. The Morgan fingerprint density at radius 1 is 1.22 bits per heavy atom. The second-order valence-corrected chi connectivity index (χ2v) is 7.51. The number of hydrogen-bond acceptors (Lipinski definition) is 3. The third kappa shape index (κ3) is 4.25. The van der Waals surface area contributed by atoms with Crippen LogP contribution in [0.1, 0.15) is 62.6 Å². The van der Waals surface area contributed by atoms with Crippen molar-refractivity contribution in [3.8, 4) is 0 Å². The van der Waals surface area contributed by atoms with Crippen LogP contribution in [-0.2, 0) is 0 Å². The summed E-state index contributed by atoms with van der Waals surface area (Å²) in [5.41, 5.74) is 2.07. The van der Waals surface area contributed by atoms with Crippen molar-refractivity contribution in [3.05, 3.63) is 58.0 Å². The zero-order valence-corrected chi connectivity index (χ0v) is 14.4. The van der Waals surface area contributed by atoms with Gasteiger partial charge in [-0.15, -0.1) is 0 Å². The first-order valence-electron chi connectivity index (χ1n) is 8.59. The molecule has 1 aromatic carbocycles. The number of benzene rings is 1. The average Bonchev–Trinajstić information content (AvgIpc) is 2.57. The fourth-order valence-electron chi connectivity index (χ4n) is 3.33. The van der Waals surface area contributed by atoms with Crippen molar-refractivity contribution in [1.82, 2.24) is 9.97 Å². The summed E-state index contributed by atoms with van der Waals surface area (Å²) in [5, 5.41) is 1.38. The first kappa shape index (κ1) is 16.3. The molecule has 1 saturated carbocycles. The average molecular weight is 328 g/mol. The lowest BCUT2D eigenvalue weighted by molar-refractivity contribution is 0.515. The number of hydrogen-bond donors (Lipinski definition) is 1. The number of nitrogens with zero attached hydrogens (tertiary/aromatic N) is 1. The molecule has 122 valence electrons. The number of H-pyrrole nitrogens is 1. The Morgan fingerprint density at radius 2 is 1.96 bits per heavy atom. The first-order valence-corrected chi connectivity index (χ1v) is 9.47. The van der Waals surface area contributed by atoms with Gasteiger partial charge >= 0.3 is 0 Å². The van der Waals surface area contributed by atoms with Gasteiger partial charge in [0.05, 0.1) is 5.69 Å². The summed E-state index contributed by atoms with van der Waals surface area (Å²) in [5.74, 6) is 0.184. The van der Waals surface area contributed by atoms with E-state index in [0.29, 0.717) is 5.25 Å². The molecule has 3 nitrogen and oxygen atoms in total. The zero-order chi connectivity index (χ0) is 16.1. The van der Waals surface area contributed by atoms with Crippen LogP contribution < -0.4 is 5.56 Å². The van der Waals surface area contributed by atoms with Crippen molar-refractivity contribution in [2.24, 2.45) is 0 Å². The van der Waals surface area contributed by atoms with Crippen LogP contribution in [-0.4, -0.2) is 15.2 Å². The number of thioether (sulfide) groups is 1. The molecule has 1 aromatic heterocycles. The molecule has 23 heavy (non-hydrogen) atoms. The molecule has 1 aliphatic rings. The predicted molar refractivity (Wildman–Crippen MR) is 96.2 cm³/mol. The first-order chi connectivity index (χ1) is 11.3. The summed E-state index contributed by atoms with van der Waals surface area (Å²) >= 11 is 1.75. The lowest BCUT2D eigenvalue weighted by Gasteiger charge is -2.21. The molecule has 1 fully saturated rings. The van der Waals surface area contributed by atoms with Crippen molar-refractivity contribution in [3.63, 3.8) is 0 Å². The summed E-state index contributed by atoms with van der Waals surface area (Å²) in [6, 6.07) is 12.0. The molecule has 1 heterocycles. The molecular weight excluding hydrogens is 304 g/mol. The minimum absolute atomic E-state index is 0.0392. The molecule has 0 aliphatic heterocycles. The molecule has 1 N–H and O–H groups in total. The Kier molecular flexibility index (Phi) is 5.55. The minimum atomic E-state index is -0.0392. The van der Waals surface area contributed by atoms with E-state index < -0.39 is 0 Å². The highest BCUT2D eigenvalue weighted by Crippen LogP contribution is 2.32. The van der Waals surface area contributed by atoms with Crippen LogP contribution in [0.25, 0.3) is 0 Å². The van der Waals surface area contributed by atoms with Crippen molar-refractivity contribution in [2.75, 3.05) is 0 Å². The number of aromatic amines is 1. The monoisotopic (exact) mass is 328 g/mol. The van der Waals surface area contributed by atoms with Gasteiger partial charge in [0.2, 0.25) is 0 Å². The fourth-order valence-corrected chi connectivity index (χ4v) is 4.53. The third-order valence-corrected chi connectivity index (χ3v) is 5.76. The third-order valence-electron chi connectivity index (χ3n) is 4.54. The highest BCUT2D eigenvalue weighted by atomic mass is 32.2. The molecule has 1 atom stereocenters. The molecule has 0 radical (unpaired) electrons. The Morgan fingerprint density at radius 3 is 2.65 bits per heavy atom. The smallest absolute Gasteiger partial charge is 0.251 e. The number of nitrogens with one attached hydrogen (secondary N) is 1. The van der Waals surface area contributed by atoms with Gasteiger partial charge in [0.15, 0.2) is 5.16 Å². The standard InChI is InChI=1S/C19H24N2OS/c1-2-16(14-9-5-3-6-10-14)17-13-18(22)21-19(20-17)23-15-11-7-4-8-12-15/h3,5-6,9-10,13,15-16H,2,4,7-8,11-12H2,1H3,(H,20,21,22). The molecular formula is C19H24N2OS. The molecule has 0 amide bonds. The maximum Gasteiger partial charge on any atom is 0.251 e. The fraction of sp³-hybridized carbons (Fsp3) is 0.474. The van der Waals surface area contributed by atoms with Crippen molar-refractivity contribution in [1.29, 1.82) is 0 Å². The Hall–Kier alpha value is -1.55. The lowest BCUT2D eigenvalue weighted by Crippen LogP contribution is -2.15. The van der Waals surface area contributed by atoms with Crippen LogP contribution in [0.15, 0.2) is 46.3 Å². The van der Waals surface area contributed by atoms with E-state index in [1.165, 1.54) is 37.7 Å². The molecule has 3 rings (SSSR count). The summed E-state index contributed by atoms with van der Waals surface area (Å²) in [7, 11) is 0. The molecule has 2 aromatic rings. The van der Waals surface area contributed by atoms with Crippen LogP contribution in [0.3, 0.4) is 0 Å². The van der Waals surface area contributed by atoms with E-state index in [2.05, 4.69) is 24.0 Å². The summed E-state index contributed by atoms with van der Waals surface area (Å²) in [6.45, 7) is 2.15. The Bertz CT molecular complexity index is 677. The normalized spacial score (nSPS) is 17.1. The van der Waals surface area contributed by atoms with Gasteiger partial charge in [-0.25, -0.2) is 4.98 Å². The largest absolute Gasteiger partial charge is 0.301 e. The van der Waals surface area contributed by atoms with Gasteiger partial charge < -0.3 is 4.98 Å². The van der Waals surface area contributed by atoms with Gasteiger partial charge in [0, 0.05) is 17.2 Å². The van der Waals surface area contributed by atoms with Gasteiger partial charge in [-0.05, 0) is 24.8 Å². The molecule has 0 spiro atoms. The zero-order valence-electron chi connectivity index (χ0n) is 13.6. The van der Waals surface area contributed by atoms with E-state index >= 15 is 0 Å². The van der Waals surface area contributed by atoms with Crippen LogP contribution in [0, 0.1) is 0 Å².